The van der Waals surface area contributed by atoms with E-state index in [0.717, 1.165) is 12.1 Å². The van der Waals surface area contributed by atoms with Gasteiger partial charge in [0.15, 0.2) is 0 Å². The summed E-state index contributed by atoms with van der Waals surface area (Å²) in [6, 6.07) is 2.92. The van der Waals surface area contributed by atoms with Crippen LogP contribution in [0.4, 0.5) is 18.9 Å². The molecule has 0 spiro atoms. The molecule has 2 nitrogen and oxygen atoms in total. The molecular weight excluding hydrogens is 334 g/mol. The van der Waals surface area contributed by atoms with Crippen LogP contribution in [0.2, 0.25) is 5.02 Å². The minimum Gasteiger partial charge on any atom is -0.325 e. The maximum Gasteiger partial charge on any atom is 0.416 e. The average Bonchev–Trinajstić information content (AvgIpc) is 2.25. The van der Waals surface area contributed by atoms with Gasteiger partial charge in [-0.2, -0.15) is 13.2 Å². The Hall–Kier alpha value is -0.750. The SMILES string of the molecule is CCC(Br)C(=O)Nc1cc(Cl)cc(C(F)(F)F)c1. The summed E-state index contributed by atoms with van der Waals surface area (Å²) in [7, 11) is 0. The first-order chi connectivity index (χ1) is 8.24. The third kappa shape index (κ3) is 4.17. The molecule has 1 rings (SSSR count). The summed E-state index contributed by atoms with van der Waals surface area (Å²) in [6.45, 7) is 1.78. The van der Waals surface area contributed by atoms with Crippen LogP contribution < -0.4 is 5.32 Å². The van der Waals surface area contributed by atoms with Crippen molar-refractivity contribution in [3.8, 4) is 0 Å². The van der Waals surface area contributed by atoms with Gasteiger partial charge in [0.1, 0.15) is 0 Å². The van der Waals surface area contributed by atoms with E-state index in [2.05, 4.69) is 21.2 Å². The van der Waals surface area contributed by atoms with E-state index >= 15 is 0 Å². The number of halogens is 5. The highest BCUT2D eigenvalue weighted by Gasteiger charge is 2.31. The van der Waals surface area contributed by atoms with Gasteiger partial charge in [0.2, 0.25) is 5.91 Å². The zero-order valence-electron chi connectivity index (χ0n) is 9.31. The van der Waals surface area contributed by atoms with Gasteiger partial charge in [-0.15, -0.1) is 0 Å². The Balaban J connectivity index is 2.97. The second-order valence-electron chi connectivity index (χ2n) is 3.59. The van der Waals surface area contributed by atoms with E-state index in [-0.39, 0.29) is 10.7 Å². The number of rotatable bonds is 3. The molecule has 1 aromatic carbocycles. The summed E-state index contributed by atoms with van der Waals surface area (Å²) in [4.78, 5) is 11.1. The zero-order chi connectivity index (χ0) is 13.9. The number of hydrogen-bond acceptors (Lipinski definition) is 1. The summed E-state index contributed by atoms with van der Waals surface area (Å²) < 4.78 is 37.6. The van der Waals surface area contributed by atoms with Crippen LogP contribution in [0.1, 0.15) is 18.9 Å². The van der Waals surface area contributed by atoms with Crippen LogP contribution in [-0.4, -0.2) is 10.7 Å². The standard InChI is InChI=1S/C11H10BrClF3NO/c1-2-9(12)10(18)17-8-4-6(11(14,15)16)3-7(13)5-8/h3-5,9H,2H2,1H3,(H,17,18). The van der Waals surface area contributed by atoms with Gasteiger partial charge in [-0.3, -0.25) is 4.79 Å². The highest BCUT2D eigenvalue weighted by atomic mass is 79.9. The second kappa shape index (κ2) is 5.93. The van der Waals surface area contributed by atoms with Crippen molar-refractivity contribution in [1.29, 1.82) is 0 Å². The van der Waals surface area contributed by atoms with Crippen LogP contribution in [0.3, 0.4) is 0 Å². The zero-order valence-corrected chi connectivity index (χ0v) is 11.7. The summed E-state index contributed by atoms with van der Waals surface area (Å²) in [5.74, 6) is -0.409. The number of alkyl halides is 4. The van der Waals surface area contributed by atoms with Gasteiger partial charge in [-0.05, 0) is 24.6 Å². The molecule has 100 valence electrons. The van der Waals surface area contributed by atoms with E-state index in [1.165, 1.54) is 6.07 Å². The smallest absolute Gasteiger partial charge is 0.325 e. The molecule has 1 unspecified atom stereocenters. The lowest BCUT2D eigenvalue weighted by Crippen LogP contribution is -2.22. The predicted octanol–water partition coefficient (Wildman–Crippen LogP) is 4.47. The molecule has 0 aromatic heterocycles. The summed E-state index contributed by atoms with van der Waals surface area (Å²) in [6.07, 6.45) is -3.97. The second-order valence-corrected chi connectivity index (χ2v) is 5.13. The van der Waals surface area contributed by atoms with Gasteiger partial charge >= 0.3 is 6.18 Å². The maximum atomic E-state index is 12.5. The third-order valence-electron chi connectivity index (χ3n) is 2.14. The van der Waals surface area contributed by atoms with Crippen molar-refractivity contribution in [2.75, 3.05) is 5.32 Å². The van der Waals surface area contributed by atoms with E-state index in [1.54, 1.807) is 6.92 Å². The first kappa shape index (κ1) is 15.3. The molecule has 1 amide bonds. The van der Waals surface area contributed by atoms with Crippen molar-refractivity contribution in [3.05, 3.63) is 28.8 Å². The molecule has 18 heavy (non-hydrogen) atoms. The molecule has 1 aromatic rings. The number of benzene rings is 1. The Labute approximate surface area is 116 Å². The van der Waals surface area contributed by atoms with E-state index in [9.17, 15) is 18.0 Å². The van der Waals surface area contributed by atoms with E-state index in [1.807, 2.05) is 0 Å². The molecule has 0 aliphatic rings. The molecule has 0 heterocycles. The Kier molecular flexibility index (Phi) is 5.04. The molecule has 7 heteroatoms. The predicted molar refractivity (Wildman–Crippen MR) is 68.1 cm³/mol. The lowest BCUT2D eigenvalue weighted by Gasteiger charge is -2.12. The summed E-state index contributed by atoms with van der Waals surface area (Å²) >= 11 is 8.70. The largest absolute Gasteiger partial charge is 0.416 e. The number of amides is 1. The Bertz CT molecular complexity index is 450. The maximum absolute atomic E-state index is 12.5. The highest BCUT2D eigenvalue weighted by Crippen LogP contribution is 2.33. The summed E-state index contributed by atoms with van der Waals surface area (Å²) in [5, 5.41) is 2.29. The van der Waals surface area contributed by atoms with Crippen molar-refractivity contribution in [2.24, 2.45) is 0 Å². The van der Waals surface area contributed by atoms with Crippen molar-refractivity contribution in [3.63, 3.8) is 0 Å². The topological polar surface area (TPSA) is 29.1 Å². The van der Waals surface area contributed by atoms with Gasteiger partial charge in [0, 0.05) is 10.7 Å². The lowest BCUT2D eigenvalue weighted by molar-refractivity contribution is -0.137. The number of nitrogens with one attached hydrogen (secondary N) is 1. The molecule has 0 saturated heterocycles. The van der Waals surface area contributed by atoms with Crippen LogP contribution in [0.5, 0.6) is 0 Å². The van der Waals surface area contributed by atoms with Crippen molar-refractivity contribution in [2.45, 2.75) is 24.3 Å². The van der Waals surface area contributed by atoms with Gasteiger partial charge in [0.25, 0.3) is 0 Å². The van der Waals surface area contributed by atoms with Gasteiger partial charge in [-0.1, -0.05) is 34.5 Å². The Morgan fingerprint density at radius 1 is 1.44 bits per heavy atom. The van der Waals surface area contributed by atoms with E-state index in [0.29, 0.717) is 6.42 Å². The van der Waals surface area contributed by atoms with Gasteiger partial charge in [-0.25, -0.2) is 0 Å². The molecular formula is C11H10BrClF3NO. The number of carbonyl (C=O) groups is 1. The van der Waals surface area contributed by atoms with Crippen molar-refractivity contribution < 1.29 is 18.0 Å². The van der Waals surface area contributed by atoms with Crippen LogP contribution in [0, 0.1) is 0 Å². The van der Waals surface area contributed by atoms with Crippen LogP contribution in [0.15, 0.2) is 18.2 Å². The fourth-order valence-corrected chi connectivity index (χ4v) is 1.58. The monoisotopic (exact) mass is 343 g/mol. The molecule has 0 saturated carbocycles. The van der Waals surface area contributed by atoms with Crippen molar-refractivity contribution in [1.82, 2.24) is 0 Å². The number of anilines is 1. The fraction of sp³-hybridized carbons (Fsp3) is 0.364. The Morgan fingerprint density at radius 3 is 2.56 bits per heavy atom. The minimum atomic E-state index is -4.50. The van der Waals surface area contributed by atoms with Crippen molar-refractivity contribution >= 4 is 39.1 Å². The van der Waals surface area contributed by atoms with Gasteiger partial charge in [0.05, 0.1) is 10.4 Å². The molecule has 0 radical (unpaired) electrons. The normalized spacial score (nSPS) is 13.2. The average molecular weight is 345 g/mol. The first-order valence-electron chi connectivity index (χ1n) is 5.06. The molecule has 0 bridgehead atoms. The number of hydrogen-bond donors (Lipinski definition) is 1. The molecule has 0 fully saturated rings. The van der Waals surface area contributed by atoms with E-state index in [4.69, 9.17) is 11.6 Å². The third-order valence-corrected chi connectivity index (χ3v) is 3.42. The highest BCUT2D eigenvalue weighted by molar-refractivity contribution is 9.10. The van der Waals surface area contributed by atoms with Crippen LogP contribution in [-0.2, 0) is 11.0 Å². The lowest BCUT2D eigenvalue weighted by atomic mass is 10.2. The van der Waals surface area contributed by atoms with Crippen LogP contribution >= 0.6 is 27.5 Å². The molecule has 0 aliphatic carbocycles. The fourth-order valence-electron chi connectivity index (χ4n) is 1.23. The van der Waals surface area contributed by atoms with Crippen LogP contribution in [0.25, 0.3) is 0 Å². The molecule has 1 N–H and O–H groups in total. The summed E-state index contributed by atoms with van der Waals surface area (Å²) in [5.41, 5.74) is -0.870. The molecule has 0 aliphatic heterocycles. The van der Waals surface area contributed by atoms with Gasteiger partial charge < -0.3 is 5.32 Å². The minimum absolute atomic E-state index is 0.0257. The Morgan fingerprint density at radius 2 is 2.06 bits per heavy atom. The number of carbonyl (C=O) groups excluding carboxylic acids is 1. The quantitative estimate of drug-likeness (QED) is 0.805. The van der Waals surface area contributed by atoms with E-state index < -0.39 is 22.5 Å². The molecule has 1 atom stereocenters. The first-order valence-corrected chi connectivity index (χ1v) is 6.36.